The molecule has 0 aliphatic carbocycles. The van der Waals surface area contributed by atoms with Crippen LogP contribution in [0.1, 0.15) is 27.6 Å². The van der Waals surface area contributed by atoms with Crippen molar-refractivity contribution in [3.05, 3.63) is 70.2 Å². The summed E-state index contributed by atoms with van der Waals surface area (Å²) in [5, 5.41) is 0.662. The number of carbonyl (C=O) groups is 1. The molecule has 2 aromatic carbocycles. The fourth-order valence-electron chi connectivity index (χ4n) is 2.21. The molecule has 1 aliphatic heterocycles. The Morgan fingerprint density at radius 3 is 2.68 bits per heavy atom. The standard InChI is InChI=1S/C16H13ClO2/c1-10-4-2-5-11(8-10)14(18)16-15(19-16)12-6-3-7-13(17)9-12/h2-9,15-16H,1H3. The van der Waals surface area contributed by atoms with Gasteiger partial charge in [0, 0.05) is 10.6 Å². The molecule has 2 nitrogen and oxygen atoms in total. The van der Waals surface area contributed by atoms with Crippen LogP contribution < -0.4 is 0 Å². The van der Waals surface area contributed by atoms with Gasteiger partial charge in [0.1, 0.15) is 6.10 Å². The van der Waals surface area contributed by atoms with Crippen LogP contribution in [0.3, 0.4) is 0 Å². The van der Waals surface area contributed by atoms with Crippen molar-refractivity contribution < 1.29 is 9.53 Å². The SMILES string of the molecule is Cc1cccc(C(=O)C2OC2c2cccc(Cl)c2)c1. The summed E-state index contributed by atoms with van der Waals surface area (Å²) in [5.74, 6) is 0.0358. The summed E-state index contributed by atoms with van der Waals surface area (Å²) in [7, 11) is 0. The summed E-state index contributed by atoms with van der Waals surface area (Å²) in [6.45, 7) is 1.97. The van der Waals surface area contributed by atoms with Gasteiger partial charge >= 0.3 is 0 Å². The number of halogens is 1. The van der Waals surface area contributed by atoms with Crippen LogP contribution in [-0.4, -0.2) is 11.9 Å². The maximum absolute atomic E-state index is 12.3. The lowest BCUT2D eigenvalue weighted by Gasteiger charge is -1.99. The second kappa shape index (κ2) is 4.80. The highest BCUT2D eigenvalue weighted by atomic mass is 35.5. The summed E-state index contributed by atoms with van der Waals surface area (Å²) in [6.07, 6.45) is -0.535. The minimum Gasteiger partial charge on any atom is -0.356 e. The number of epoxide rings is 1. The van der Waals surface area contributed by atoms with E-state index in [1.54, 1.807) is 0 Å². The molecular weight excluding hydrogens is 260 g/mol. The molecule has 1 saturated heterocycles. The van der Waals surface area contributed by atoms with Crippen molar-refractivity contribution in [2.24, 2.45) is 0 Å². The summed E-state index contributed by atoms with van der Waals surface area (Å²) in [4.78, 5) is 12.3. The van der Waals surface area contributed by atoms with Gasteiger partial charge in [0.15, 0.2) is 11.9 Å². The Morgan fingerprint density at radius 1 is 1.16 bits per heavy atom. The van der Waals surface area contributed by atoms with Gasteiger partial charge < -0.3 is 4.74 Å². The number of benzene rings is 2. The molecule has 0 radical (unpaired) electrons. The fraction of sp³-hybridized carbons (Fsp3) is 0.188. The van der Waals surface area contributed by atoms with E-state index in [2.05, 4.69) is 0 Å². The Balaban J connectivity index is 1.78. The van der Waals surface area contributed by atoms with Crippen molar-refractivity contribution >= 4 is 17.4 Å². The number of hydrogen-bond acceptors (Lipinski definition) is 2. The number of carbonyl (C=O) groups excluding carboxylic acids is 1. The van der Waals surface area contributed by atoms with Crippen molar-refractivity contribution in [2.75, 3.05) is 0 Å². The molecule has 2 unspecified atom stereocenters. The first-order valence-electron chi connectivity index (χ1n) is 6.17. The van der Waals surface area contributed by atoms with E-state index in [4.69, 9.17) is 16.3 Å². The van der Waals surface area contributed by atoms with Crippen LogP contribution >= 0.6 is 11.6 Å². The summed E-state index contributed by atoms with van der Waals surface area (Å²) < 4.78 is 5.51. The first-order chi connectivity index (χ1) is 9.15. The molecule has 0 amide bonds. The van der Waals surface area contributed by atoms with Gasteiger partial charge in [-0.2, -0.15) is 0 Å². The van der Waals surface area contributed by atoms with Gasteiger partial charge in [0.05, 0.1) is 0 Å². The Labute approximate surface area is 117 Å². The van der Waals surface area contributed by atoms with Gasteiger partial charge in [-0.05, 0) is 30.7 Å². The average molecular weight is 273 g/mol. The molecule has 1 heterocycles. The summed E-state index contributed by atoms with van der Waals surface area (Å²) >= 11 is 5.94. The number of rotatable bonds is 3. The number of Topliss-reactive ketones (excluding diaryl/α,β-unsaturated/α-hetero) is 1. The van der Waals surface area contributed by atoms with E-state index in [1.807, 2.05) is 55.5 Å². The first-order valence-corrected chi connectivity index (χ1v) is 6.55. The summed E-state index contributed by atoms with van der Waals surface area (Å²) in [6, 6.07) is 15.0. The highest BCUT2D eigenvalue weighted by molar-refractivity contribution is 6.30. The lowest BCUT2D eigenvalue weighted by atomic mass is 10.0. The predicted octanol–water partition coefficient (Wildman–Crippen LogP) is 3.97. The highest BCUT2D eigenvalue weighted by Gasteiger charge is 2.46. The van der Waals surface area contributed by atoms with Gasteiger partial charge in [-0.25, -0.2) is 0 Å². The van der Waals surface area contributed by atoms with Crippen LogP contribution in [0.2, 0.25) is 5.02 Å². The molecule has 0 bridgehead atoms. The highest BCUT2D eigenvalue weighted by Crippen LogP contribution is 2.41. The monoisotopic (exact) mass is 272 g/mol. The van der Waals surface area contributed by atoms with Crippen molar-refractivity contribution in [2.45, 2.75) is 19.1 Å². The smallest absolute Gasteiger partial charge is 0.194 e. The number of ether oxygens (including phenoxy) is 1. The van der Waals surface area contributed by atoms with E-state index in [0.717, 1.165) is 11.1 Å². The lowest BCUT2D eigenvalue weighted by molar-refractivity contribution is 0.0953. The van der Waals surface area contributed by atoms with Crippen LogP contribution in [0.4, 0.5) is 0 Å². The van der Waals surface area contributed by atoms with Gasteiger partial charge in [0.25, 0.3) is 0 Å². The minimum atomic E-state index is -0.375. The van der Waals surface area contributed by atoms with Crippen molar-refractivity contribution in [3.8, 4) is 0 Å². The topological polar surface area (TPSA) is 29.6 Å². The molecule has 0 saturated carbocycles. The third-order valence-electron chi connectivity index (χ3n) is 3.23. The molecular formula is C16H13ClO2. The van der Waals surface area contributed by atoms with E-state index >= 15 is 0 Å². The predicted molar refractivity (Wildman–Crippen MR) is 74.6 cm³/mol. The second-order valence-corrected chi connectivity index (χ2v) is 5.20. The zero-order valence-electron chi connectivity index (χ0n) is 10.5. The normalized spacial score (nSPS) is 21.2. The molecule has 0 N–H and O–H groups in total. The van der Waals surface area contributed by atoms with Crippen molar-refractivity contribution in [3.63, 3.8) is 0 Å². The molecule has 1 aliphatic rings. The quantitative estimate of drug-likeness (QED) is 0.625. The van der Waals surface area contributed by atoms with Gasteiger partial charge in [-0.15, -0.1) is 0 Å². The third-order valence-corrected chi connectivity index (χ3v) is 3.46. The van der Waals surface area contributed by atoms with Gasteiger partial charge in [0.2, 0.25) is 0 Å². The molecule has 96 valence electrons. The second-order valence-electron chi connectivity index (χ2n) is 4.77. The maximum atomic E-state index is 12.3. The minimum absolute atomic E-state index is 0.0358. The number of aryl methyl sites for hydroxylation is 1. The summed E-state index contributed by atoms with van der Waals surface area (Å²) in [5.41, 5.74) is 2.74. The zero-order valence-corrected chi connectivity index (χ0v) is 11.2. The van der Waals surface area contributed by atoms with Crippen LogP contribution in [0.15, 0.2) is 48.5 Å². The van der Waals surface area contributed by atoms with Gasteiger partial charge in [-0.1, -0.05) is 47.5 Å². The van der Waals surface area contributed by atoms with Crippen molar-refractivity contribution in [1.29, 1.82) is 0 Å². The Kier molecular flexibility index (Phi) is 3.13. The van der Waals surface area contributed by atoms with E-state index in [-0.39, 0.29) is 18.0 Å². The van der Waals surface area contributed by atoms with Crippen LogP contribution in [0.5, 0.6) is 0 Å². The Hall–Kier alpha value is -1.64. The van der Waals surface area contributed by atoms with Crippen LogP contribution in [-0.2, 0) is 4.74 Å². The van der Waals surface area contributed by atoms with E-state index in [1.165, 1.54) is 0 Å². The number of hydrogen-bond donors (Lipinski definition) is 0. The molecule has 2 aromatic rings. The average Bonchev–Trinajstić information content (AvgIpc) is 3.18. The third kappa shape index (κ3) is 2.55. The fourth-order valence-corrected chi connectivity index (χ4v) is 2.41. The number of ketones is 1. The first kappa shape index (κ1) is 12.4. The molecule has 3 heteroatoms. The van der Waals surface area contributed by atoms with Gasteiger partial charge in [-0.3, -0.25) is 4.79 Å². The van der Waals surface area contributed by atoms with Crippen LogP contribution in [0.25, 0.3) is 0 Å². The Morgan fingerprint density at radius 2 is 1.95 bits per heavy atom. The largest absolute Gasteiger partial charge is 0.356 e. The lowest BCUT2D eigenvalue weighted by Crippen LogP contribution is -2.08. The van der Waals surface area contributed by atoms with Crippen molar-refractivity contribution in [1.82, 2.24) is 0 Å². The molecule has 3 rings (SSSR count). The molecule has 19 heavy (non-hydrogen) atoms. The maximum Gasteiger partial charge on any atom is 0.194 e. The molecule has 2 atom stereocenters. The molecule has 1 fully saturated rings. The van der Waals surface area contributed by atoms with E-state index in [9.17, 15) is 4.79 Å². The van der Waals surface area contributed by atoms with E-state index < -0.39 is 0 Å². The van der Waals surface area contributed by atoms with Crippen LogP contribution in [0, 0.1) is 6.92 Å². The van der Waals surface area contributed by atoms with E-state index in [0.29, 0.717) is 10.6 Å². The molecule has 0 aromatic heterocycles. The Bertz CT molecular complexity index is 636. The zero-order chi connectivity index (χ0) is 13.4. The molecule has 0 spiro atoms.